The van der Waals surface area contributed by atoms with Gasteiger partial charge in [0.25, 0.3) is 0 Å². The predicted molar refractivity (Wildman–Crippen MR) is 71.2 cm³/mol. The van der Waals surface area contributed by atoms with Crippen molar-refractivity contribution in [3.8, 4) is 11.5 Å². The Morgan fingerprint density at radius 1 is 1.00 bits per heavy atom. The normalized spacial score (nSPS) is 10.2. The van der Waals surface area contributed by atoms with Crippen molar-refractivity contribution in [1.82, 2.24) is 0 Å². The van der Waals surface area contributed by atoms with E-state index in [2.05, 4.69) is 21.2 Å². The Labute approximate surface area is 108 Å². The van der Waals surface area contributed by atoms with E-state index in [0.29, 0.717) is 11.0 Å². The molecule has 0 aliphatic heterocycles. The van der Waals surface area contributed by atoms with E-state index in [9.17, 15) is 5.11 Å². The van der Waals surface area contributed by atoms with Gasteiger partial charge >= 0.3 is 0 Å². The van der Waals surface area contributed by atoms with Crippen LogP contribution in [-0.2, 0) is 6.54 Å². The molecule has 0 amide bonds. The second-order valence-corrected chi connectivity index (χ2v) is 4.54. The van der Waals surface area contributed by atoms with Crippen molar-refractivity contribution in [2.75, 3.05) is 5.32 Å². The van der Waals surface area contributed by atoms with Crippen molar-refractivity contribution in [2.45, 2.75) is 6.54 Å². The topological polar surface area (TPSA) is 52.5 Å². The average molecular weight is 294 g/mol. The van der Waals surface area contributed by atoms with E-state index < -0.39 is 0 Å². The maximum absolute atomic E-state index is 9.36. The zero-order valence-electron chi connectivity index (χ0n) is 9.02. The Hall–Kier alpha value is -1.68. The fourth-order valence-corrected chi connectivity index (χ4v) is 1.87. The van der Waals surface area contributed by atoms with E-state index in [4.69, 9.17) is 5.11 Å². The molecule has 88 valence electrons. The number of benzene rings is 2. The van der Waals surface area contributed by atoms with E-state index in [1.54, 1.807) is 18.2 Å². The van der Waals surface area contributed by atoms with Crippen LogP contribution in [0.3, 0.4) is 0 Å². The Balaban J connectivity index is 2.02. The number of hydrogen-bond donors (Lipinski definition) is 3. The fourth-order valence-electron chi connectivity index (χ4n) is 1.44. The zero-order valence-corrected chi connectivity index (χ0v) is 10.6. The molecule has 0 fully saturated rings. The summed E-state index contributed by atoms with van der Waals surface area (Å²) in [6.45, 7) is 0.656. The highest BCUT2D eigenvalue weighted by Crippen LogP contribution is 2.24. The summed E-state index contributed by atoms with van der Waals surface area (Å²) in [5, 5.41) is 21.7. The number of nitrogens with one attached hydrogen (secondary N) is 1. The Bertz CT molecular complexity index is 511. The van der Waals surface area contributed by atoms with Gasteiger partial charge in [0.1, 0.15) is 11.5 Å². The Kier molecular flexibility index (Phi) is 3.54. The fraction of sp³-hybridized carbons (Fsp3) is 0.0769. The van der Waals surface area contributed by atoms with Gasteiger partial charge in [-0.05, 0) is 57.9 Å². The predicted octanol–water partition coefficient (Wildman–Crippen LogP) is 3.47. The van der Waals surface area contributed by atoms with Crippen LogP contribution >= 0.6 is 15.9 Å². The van der Waals surface area contributed by atoms with Crippen LogP contribution in [0.25, 0.3) is 0 Å². The van der Waals surface area contributed by atoms with Crippen LogP contribution in [0.2, 0.25) is 0 Å². The molecule has 2 aromatic rings. The largest absolute Gasteiger partial charge is 0.508 e. The Morgan fingerprint density at radius 2 is 1.71 bits per heavy atom. The number of phenolic OH excluding ortho intramolecular Hbond substituents is 2. The van der Waals surface area contributed by atoms with Gasteiger partial charge < -0.3 is 15.5 Å². The monoisotopic (exact) mass is 293 g/mol. The zero-order chi connectivity index (χ0) is 12.3. The molecule has 0 saturated heterocycles. The first-order valence-electron chi connectivity index (χ1n) is 5.15. The minimum absolute atomic E-state index is 0.235. The van der Waals surface area contributed by atoms with Gasteiger partial charge in [0.05, 0.1) is 4.47 Å². The summed E-state index contributed by atoms with van der Waals surface area (Å²) >= 11 is 3.27. The molecule has 0 aliphatic rings. The molecule has 3 nitrogen and oxygen atoms in total. The van der Waals surface area contributed by atoms with Crippen LogP contribution < -0.4 is 5.32 Å². The summed E-state index contributed by atoms with van der Waals surface area (Å²) in [7, 11) is 0. The van der Waals surface area contributed by atoms with Crippen molar-refractivity contribution in [2.24, 2.45) is 0 Å². The van der Waals surface area contributed by atoms with E-state index in [0.717, 1.165) is 11.3 Å². The maximum Gasteiger partial charge on any atom is 0.129 e. The summed E-state index contributed by atoms with van der Waals surface area (Å²) < 4.78 is 0.683. The van der Waals surface area contributed by atoms with Crippen molar-refractivity contribution >= 4 is 21.6 Å². The summed E-state index contributed by atoms with van der Waals surface area (Å²) in [6.07, 6.45) is 0. The van der Waals surface area contributed by atoms with Gasteiger partial charge in [0, 0.05) is 12.2 Å². The number of anilines is 1. The smallest absolute Gasteiger partial charge is 0.129 e. The SMILES string of the molecule is Oc1ccc(NCc2ccc(O)c(Br)c2)cc1. The number of aromatic hydroxyl groups is 2. The highest BCUT2D eigenvalue weighted by molar-refractivity contribution is 9.10. The highest BCUT2D eigenvalue weighted by atomic mass is 79.9. The van der Waals surface area contributed by atoms with Crippen LogP contribution in [-0.4, -0.2) is 10.2 Å². The molecule has 0 saturated carbocycles. The first-order valence-corrected chi connectivity index (χ1v) is 5.95. The molecule has 2 rings (SSSR count). The third kappa shape index (κ3) is 3.14. The van der Waals surface area contributed by atoms with Gasteiger partial charge in [-0.2, -0.15) is 0 Å². The minimum Gasteiger partial charge on any atom is -0.508 e. The molecule has 17 heavy (non-hydrogen) atoms. The van der Waals surface area contributed by atoms with Gasteiger partial charge in [-0.3, -0.25) is 0 Å². The standard InChI is InChI=1S/C13H12BrNO2/c14-12-7-9(1-6-13(12)17)8-15-10-2-4-11(16)5-3-10/h1-7,15-17H,8H2. The molecule has 0 aliphatic carbocycles. The van der Waals surface area contributed by atoms with Crippen molar-refractivity contribution in [3.63, 3.8) is 0 Å². The van der Waals surface area contributed by atoms with Crippen LogP contribution in [0.4, 0.5) is 5.69 Å². The molecular weight excluding hydrogens is 282 g/mol. The van der Waals surface area contributed by atoms with Gasteiger partial charge in [-0.1, -0.05) is 6.07 Å². The van der Waals surface area contributed by atoms with Gasteiger partial charge in [-0.25, -0.2) is 0 Å². The quantitative estimate of drug-likeness (QED) is 0.760. The van der Waals surface area contributed by atoms with E-state index in [1.807, 2.05) is 24.3 Å². The molecule has 0 spiro atoms. The third-order valence-corrected chi connectivity index (χ3v) is 3.01. The van der Waals surface area contributed by atoms with Gasteiger partial charge in [0.15, 0.2) is 0 Å². The van der Waals surface area contributed by atoms with Crippen molar-refractivity contribution in [1.29, 1.82) is 0 Å². The molecule has 0 bridgehead atoms. The summed E-state index contributed by atoms with van der Waals surface area (Å²) in [5.41, 5.74) is 2.00. The van der Waals surface area contributed by atoms with Crippen LogP contribution in [0, 0.1) is 0 Å². The van der Waals surface area contributed by atoms with Crippen LogP contribution in [0.15, 0.2) is 46.9 Å². The summed E-state index contributed by atoms with van der Waals surface area (Å²) in [5.74, 6) is 0.487. The Morgan fingerprint density at radius 3 is 2.35 bits per heavy atom. The molecule has 0 heterocycles. The van der Waals surface area contributed by atoms with Gasteiger partial charge in [0.2, 0.25) is 0 Å². The second kappa shape index (κ2) is 5.10. The van der Waals surface area contributed by atoms with Crippen molar-refractivity contribution in [3.05, 3.63) is 52.5 Å². The molecule has 0 atom stereocenters. The summed E-state index contributed by atoms with van der Waals surface area (Å²) in [4.78, 5) is 0. The van der Waals surface area contributed by atoms with E-state index in [-0.39, 0.29) is 11.5 Å². The average Bonchev–Trinajstić information content (AvgIpc) is 2.33. The first-order chi connectivity index (χ1) is 8.15. The molecule has 0 radical (unpaired) electrons. The number of rotatable bonds is 3. The lowest BCUT2D eigenvalue weighted by Crippen LogP contribution is -1.98. The number of halogens is 1. The van der Waals surface area contributed by atoms with E-state index >= 15 is 0 Å². The second-order valence-electron chi connectivity index (χ2n) is 3.69. The lowest BCUT2D eigenvalue weighted by molar-refractivity contribution is 0.471. The van der Waals surface area contributed by atoms with Gasteiger partial charge in [-0.15, -0.1) is 0 Å². The van der Waals surface area contributed by atoms with Crippen molar-refractivity contribution < 1.29 is 10.2 Å². The molecule has 0 unspecified atom stereocenters. The lowest BCUT2D eigenvalue weighted by atomic mass is 10.2. The molecule has 0 aromatic heterocycles. The van der Waals surface area contributed by atoms with Crippen LogP contribution in [0.5, 0.6) is 11.5 Å². The minimum atomic E-state index is 0.235. The molecule has 2 aromatic carbocycles. The lowest BCUT2D eigenvalue weighted by Gasteiger charge is -2.07. The molecule has 4 heteroatoms. The summed E-state index contributed by atoms with van der Waals surface area (Å²) in [6, 6.07) is 12.3. The molecular formula is C13H12BrNO2. The maximum atomic E-state index is 9.36. The number of hydrogen-bond acceptors (Lipinski definition) is 3. The van der Waals surface area contributed by atoms with Crippen LogP contribution in [0.1, 0.15) is 5.56 Å². The number of phenols is 2. The first kappa shape index (κ1) is 11.8. The molecule has 3 N–H and O–H groups in total. The van der Waals surface area contributed by atoms with E-state index in [1.165, 1.54) is 0 Å². The third-order valence-electron chi connectivity index (χ3n) is 2.38. The highest BCUT2D eigenvalue weighted by Gasteiger charge is 1.99.